The van der Waals surface area contributed by atoms with Crippen molar-refractivity contribution in [2.45, 2.75) is 64.3 Å². The molecule has 3 aromatic rings. The van der Waals surface area contributed by atoms with Crippen LogP contribution in [0.3, 0.4) is 0 Å². The highest BCUT2D eigenvalue weighted by Crippen LogP contribution is 2.40. The summed E-state index contributed by atoms with van der Waals surface area (Å²) < 4.78 is 50.0. The molecule has 0 saturated carbocycles. The molecule has 0 aliphatic heterocycles. The fraction of sp³-hybridized carbons (Fsp3) is 0.500. The number of anilines is 1. The fourth-order valence-corrected chi connectivity index (χ4v) is 4.35. The molecular formula is C20H27ClF3N7O2Si. The molecule has 14 heteroatoms. The van der Waals surface area contributed by atoms with Gasteiger partial charge in [-0.1, -0.05) is 32.4 Å². The molecule has 0 bridgehead atoms. The van der Waals surface area contributed by atoms with Crippen LogP contribution in [0.5, 0.6) is 0 Å². The predicted molar refractivity (Wildman–Crippen MR) is 125 cm³/mol. The number of nitrogens with one attached hydrogen (secondary N) is 1. The van der Waals surface area contributed by atoms with Crippen LogP contribution in [-0.4, -0.2) is 50.1 Å². The summed E-state index contributed by atoms with van der Waals surface area (Å²) in [4.78, 5) is 17.1. The third-order valence-corrected chi connectivity index (χ3v) is 10.6. The molecule has 1 unspecified atom stereocenters. The number of alkyl halides is 3. The van der Waals surface area contributed by atoms with E-state index in [1.165, 1.54) is 0 Å². The first kappa shape index (κ1) is 26.0. The number of hydrogen-bond donors (Lipinski definition) is 2. The van der Waals surface area contributed by atoms with Crippen LogP contribution in [0.4, 0.5) is 19.1 Å². The minimum absolute atomic E-state index is 0.0275. The zero-order valence-electron chi connectivity index (χ0n) is 19.4. The average molecular weight is 518 g/mol. The van der Waals surface area contributed by atoms with Gasteiger partial charge in [-0.15, -0.1) is 10.2 Å². The monoisotopic (exact) mass is 517 g/mol. The van der Waals surface area contributed by atoms with Crippen molar-refractivity contribution in [3.63, 3.8) is 0 Å². The lowest BCUT2D eigenvalue weighted by Crippen LogP contribution is -2.50. The molecule has 2 aromatic heterocycles. The van der Waals surface area contributed by atoms with Crippen molar-refractivity contribution >= 4 is 25.9 Å². The van der Waals surface area contributed by atoms with Gasteiger partial charge < -0.3 is 10.2 Å². The first-order valence-corrected chi connectivity index (χ1v) is 13.7. The fourth-order valence-electron chi connectivity index (χ4n) is 2.95. The first-order chi connectivity index (χ1) is 15.6. The van der Waals surface area contributed by atoms with Gasteiger partial charge in [-0.05, 0) is 42.4 Å². The van der Waals surface area contributed by atoms with Crippen molar-refractivity contribution in [3.05, 3.63) is 45.6 Å². The lowest BCUT2D eigenvalue weighted by Gasteiger charge is -2.39. The summed E-state index contributed by atoms with van der Waals surface area (Å²) in [6, 6.07) is 6.29. The Morgan fingerprint density at radius 2 is 1.82 bits per heavy atom. The zero-order valence-corrected chi connectivity index (χ0v) is 21.2. The second kappa shape index (κ2) is 9.19. The maximum absolute atomic E-state index is 14.1. The van der Waals surface area contributed by atoms with Crippen LogP contribution < -0.4 is 11.4 Å². The summed E-state index contributed by atoms with van der Waals surface area (Å²) in [6.45, 7) is 8.08. The summed E-state index contributed by atoms with van der Waals surface area (Å²) in [6.07, 6.45) is -6.90. The number of nitrogens with zero attached hydrogens (tertiary/aromatic N) is 5. The van der Waals surface area contributed by atoms with Crippen LogP contribution in [0.1, 0.15) is 26.6 Å². The van der Waals surface area contributed by atoms with Gasteiger partial charge >= 0.3 is 11.9 Å². The number of rotatable bonds is 7. The Hall–Kier alpha value is -2.64. The van der Waals surface area contributed by atoms with E-state index in [1.807, 2.05) is 20.8 Å². The van der Waals surface area contributed by atoms with E-state index in [0.29, 0.717) is 10.6 Å². The molecule has 0 aliphatic rings. The van der Waals surface area contributed by atoms with Crippen molar-refractivity contribution in [1.82, 2.24) is 29.5 Å². The van der Waals surface area contributed by atoms with Crippen LogP contribution >= 0.6 is 11.6 Å². The highest BCUT2D eigenvalue weighted by molar-refractivity contribution is 6.74. The Morgan fingerprint density at radius 3 is 2.32 bits per heavy atom. The van der Waals surface area contributed by atoms with E-state index >= 15 is 0 Å². The highest BCUT2D eigenvalue weighted by Gasteiger charge is 2.48. The van der Waals surface area contributed by atoms with Gasteiger partial charge in [-0.2, -0.15) is 18.2 Å². The molecule has 0 amide bonds. The van der Waals surface area contributed by atoms with E-state index in [9.17, 15) is 18.0 Å². The van der Waals surface area contributed by atoms with Gasteiger partial charge in [0, 0.05) is 10.6 Å². The van der Waals surface area contributed by atoms with Gasteiger partial charge in [-0.3, -0.25) is 9.67 Å². The normalized spacial score (nSPS) is 13.9. The summed E-state index contributed by atoms with van der Waals surface area (Å²) >= 11 is 5.96. The Kier molecular flexibility index (Phi) is 7.02. The highest BCUT2D eigenvalue weighted by atomic mass is 35.5. The van der Waals surface area contributed by atoms with E-state index < -0.39 is 37.9 Å². The molecule has 2 heterocycles. The summed E-state index contributed by atoms with van der Waals surface area (Å²) in [5.74, 6) is 0.249. The summed E-state index contributed by atoms with van der Waals surface area (Å²) in [5.41, 5.74) is 5.17. The zero-order chi connectivity index (χ0) is 25.5. The minimum atomic E-state index is -4.70. The van der Waals surface area contributed by atoms with E-state index in [-0.39, 0.29) is 24.1 Å². The van der Waals surface area contributed by atoms with E-state index in [1.54, 1.807) is 37.4 Å². The topological polar surface area (TPSA) is 117 Å². The number of aromatic amines is 1. The molecule has 3 N–H and O–H groups in total. The molecule has 0 radical (unpaired) electrons. The quantitative estimate of drug-likeness (QED) is 0.456. The molecule has 9 nitrogen and oxygen atoms in total. The molecule has 0 spiro atoms. The smallest absolute Gasteiger partial charge is 0.404 e. The molecular weight excluding hydrogens is 491 g/mol. The second-order valence-corrected chi connectivity index (χ2v) is 14.6. The number of halogens is 4. The van der Waals surface area contributed by atoms with Gasteiger partial charge in [0.2, 0.25) is 5.95 Å². The molecule has 0 aliphatic carbocycles. The van der Waals surface area contributed by atoms with Crippen LogP contribution in [-0.2, 0) is 17.5 Å². The largest absolute Gasteiger partial charge is 0.415 e. The van der Waals surface area contributed by atoms with Crippen LogP contribution in [0.25, 0.3) is 11.4 Å². The standard InChI is InChI=1S/C20H27ClF3N7O2Si/c1-19(2,3)34(4,5)33-14(20(22,23)24)10-30-16(12-6-8-13(21)9-7-12)29-31(18(30)32)11-15-26-17(25)28-27-15/h6-9,14H,10-11H2,1-5H3,(H3,25,26,27,28). The second-order valence-electron chi connectivity index (χ2n) is 9.43. The molecule has 0 fully saturated rings. The third kappa shape index (κ3) is 5.70. The van der Waals surface area contributed by atoms with Gasteiger partial charge in [-0.25, -0.2) is 9.48 Å². The van der Waals surface area contributed by atoms with E-state index in [2.05, 4.69) is 20.3 Å². The molecule has 1 atom stereocenters. The van der Waals surface area contributed by atoms with Crippen molar-refractivity contribution in [1.29, 1.82) is 0 Å². The molecule has 1 aromatic carbocycles. The van der Waals surface area contributed by atoms with Crippen molar-refractivity contribution < 1.29 is 17.6 Å². The van der Waals surface area contributed by atoms with Gasteiger partial charge in [0.25, 0.3) is 0 Å². The lowest BCUT2D eigenvalue weighted by molar-refractivity contribution is -0.202. The molecule has 186 valence electrons. The number of benzene rings is 1. The number of nitrogen functional groups attached to an aromatic ring is 1. The average Bonchev–Trinajstić information content (AvgIpc) is 3.24. The molecule has 34 heavy (non-hydrogen) atoms. The Balaban J connectivity index is 2.08. The predicted octanol–water partition coefficient (Wildman–Crippen LogP) is 4.07. The molecule has 3 rings (SSSR count). The summed E-state index contributed by atoms with van der Waals surface area (Å²) in [5, 5.41) is 10.5. The molecule has 0 saturated heterocycles. The third-order valence-electron chi connectivity index (χ3n) is 5.83. The maximum Gasteiger partial charge on any atom is 0.415 e. The lowest BCUT2D eigenvalue weighted by atomic mass is 10.2. The van der Waals surface area contributed by atoms with Crippen LogP contribution in [0.15, 0.2) is 29.1 Å². The Labute approximate surface area is 200 Å². The van der Waals surface area contributed by atoms with Crippen LogP contribution in [0.2, 0.25) is 23.2 Å². The van der Waals surface area contributed by atoms with Gasteiger partial charge in [0.05, 0.1) is 6.54 Å². The minimum Gasteiger partial charge on any atom is -0.404 e. The number of hydrogen-bond acceptors (Lipinski definition) is 6. The number of aromatic nitrogens is 6. The van der Waals surface area contributed by atoms with E-state index in [0.717, 1.165) is 9.25 Å². The first-order valence-electron chi connectivity index (χ1n) is 10.4. The summed E-state index contributed by atoms with van der Waals surface area (Å²) in [7, 11) is -2.82. The SMILES string of the molecule is CC(C)(C)[Si](C)(C)OC(Cn1c(-c2ccc(Cl)cc2)nn(Cc2nc(N)n[nH]2)c1=O)C(F)(F)F. The van der Waals surface area contributed by atoms with Crippen molar-refractivity contribution in [2.75, 3.05) is 5.73 Å². The van der Waals surface area contributed by atoms with Gasteiger partial charge in [0.15, 0.2) is 20.2 Å². The van der Waals surface area contributed by atoms with Gasteiger partial charge in [0.1, 0.15) is 12.4 Å². The Morgan fingerprint density at radius 1 is 1.21 bits per heavy atom. The number of nitrogens with two attached hydrogens (primary N) is 1. The van der Waals surface area contributed by atoms with Crippen LogP contribution in [0, 0.1) is 0 Å². The maximum atomic E-state index is 14.1. The van der Waals surface area contributed by atoms with E-state index in [4.69, 9.17) is 21.8 Å². The Bertz CT molecular complexity index is 1200. The van der Waals surface area contributed by atoms with Crippen molar-refractivity contribution in [3.8, 4) is 11.4 Å². The number of H-pyrrole nitrogens is 1. The van der Waals surface area contributed by atoms with Crippen molar-refractivity contribution in [2.24, 2.45) is 0 Å².